The third kappa shape index (κ3) is 2.92. The first-order chi connectivity index (χ1) is 9.84. The lowest BCUT2D eigenvalue weighted by molar-refractivity contribution is 0.123. The van der Waals surface area contributed by atoms with E-state index in [2.05, 4.69) is 10.2 Å². The molecule has 1 aliphatic heterocycles. The number of para-hydroxylation sites is 1. The predicted octanol–water partition coefficient (Wildman–Crippen LogP) is 3.38. The Hall–Kier alpha value is -1.65. The van der Waals surface area contributed by atoms with Crippen LogP contribution in [-0.2, 0) is 11.3 Å². The molecule has 0 atom stereocenters. The first-order valence-corrected chi connectivity index (χ1v) is 7.10. The minimum atomic E-state index is 0.644. The normalized spacial score (nSPS) is 15.3. The predicted molar refractivity (Wildman–Crippen MR) is 80.5 cm³/mol. The summed E-state index contributed by atoms with van der Waals surface area (Å²) in [7, 11) is 0. The highest BCUT2D eigenvalue weighted by molar-refractivity contribution is 6.34. The molecule has 0 aliphatic carbocycles. The standard InChI is InChI=1S/C15H17ClN2O2/c16-13-4-1-5-14(17-11-12-3-2-8-20-12)15(13)18-6-9-19-10-7-18/h1-5,8,17H,6-7,9-11H2. The number of rotatable bonds is 4. The zero-order valence-electron chi connectivity index (χ0n) is 11.1. The lowest BCUT2D eigenvalue weighted by Crippen LogP contribution is -2.36. The van der Waals surface area contributed by atoms with Crippen molar-refractivity contribution in [2.45, 2.75) is 6.54 Å². The van der Waals surface area contributed by atoms with Gasteiger partial charge in [0.05, 0.1) is 42.4 Å². The minimum absolute atomic E-state index is 0.644. The quantitative estimate of drug-likeness (QED) is 0.937. The van der Waals surface area contributed by atoms with Crippen molar-refractivity contribution in [3.05, 3.63) is 47.4 Å². The zero-order chi connectivity index (χ0) is 13.8. The molecule has 0 spiro atoms. The Balaban J connectivity index is 1.80. The smallest absolute Gasteiger partial charge is 0.122 e. The molecule has 1 aromatic heterocycles. The molecular weight excluding hydrogens is 276 g/mol. The van der Waals surface area contributed by atoms with Gasteiger partial charge in [0.1, 0.15) is 5.76 Å². The zero-order valence-corrected chi connectivity index (χ0v) is 11.9. The van der Waals surface area contributed by atoms with Gasteiger partial charge in [-0.1, -0.05) is 17.7 Å². The number of anilines is 2. The van der Waals surface area contributed by atoms with Crippen LogP contribution in [0.1, 0.15) is 5.76 Å². The topological polar surface area (TPSA) is 37.6 Å². The Morgan fingerprint density at radius 2 is 2.00 bits per heavy atom. The van der Waals surface area contributed by atoms with Crippen LogP contribution in [0.4, 0.5) is 11.4 Å². The minimum Gasteiger partial charge on any atom is -0.467 e. The summed E-state index contributed by atoms with van der Waals surface area (Å²) >= 11 is 6.38. The molecule has 1 fully saturated rings. The summed E-state index contributed by atoms with van der Waals surface area (Å²) < 4.78 is 10.7. The van der Waals surface area contributed by atoms with Gasteiger partial charge in [-0.15, -0.1) is 0 Å². The molecule has 0 amide bonds. The van der Waals surface area contributed by atoms with E-state index in [1.165, 1.54) is 0 Å². The summed E-state index contributed by atoms with van der Waals surface area (Å²) in [6.07, 6.45) is 1.68. The van der Waals surface area contributed by atoms with Crippen molar-refractivity contribution in [2.24, 2.45) is 0 Å². The van der Waals surface area contributed by atoms with Crippen molar-refractivity contribution in [2.75, 3.05) is 36.5 Å². The van der Waals surface area contributed by atoms with Gasteiger partial charge in [0.25, 0.3) is 0 Å². The summed E-state index contributed by atoms with van der Waals surface area (Å²) in [5, 5.41) is 4.15. The number of hydrogen-bond donors (Lipinski definition) is 1. The van der Waals surface area contributed by atoms with Gasteiger partial charge in [0.15, 0.2) is 0 Å². The van der Waals surface area contributed by atoms with Crippen LogP contribution < -0.4 is 10.2 Å². The molecule has 0 radical (unpaired) electrons. The SMILES string of the molecule is Clc1cccc(NCc2ccco2)c1N1CCOCC1. The molecule has 0 saturated carbocycles. The molecule has 20 heavy (non-hydrogen) atoms. The van der Waals surface area contributed by atoms with Crippen molar-refractivity contribution in [3.63, 3.8) is 0 Å². The van der Waals surface area contributed by atoms with Crippen molar-refractivity contribution < 1.29 is 9.15 Å². The highest BCUT2D eigenvalue weighted by atomic mass is 35.5. The van der Waals surface area contributed by atoms with Crippen LogP contribution in [0.5, 0.6) is 0 Å². The van der Waals surface area contributed by atoms with Crippen LogP contribution in [0.2, 0.25) is 5.02 Å². The van der Waals surface area contributed by atoms with Gasteiger partial charge in [0.2, 0.25) is 0 Å². The fourth-order valence-electron chi connectivity index (χ4n) is 2.36. The first-order valence-electron chi connectivity index (χ1n) is 6.72. The molecule has 1 aliphatic rings. The molecule has 3 rings (SSSR count). The van der Waals surface area contributed by atoms with Gasteiger partial charge >= 0.3 is 0 Å². The molecule has 1 aromatic carbocycles. The van der Waals surface area contributed by atoms with Crippen LogP contribution in [0.25, 0.3) is 0 Å². The lowest BCUT2D eigenvalue weighted by Gasteiger charge is -2.31. The van der Waals surface area contributed by atoms with Crippen LogP contribution in [0.3, 0.4) is 0 Å². The molecule has 1 N–H and O–H groups in total. The van der Waals surface area contributed by atoms with Gasteiger partial charge in [-0.05, 0) is 24.3 Å². The lowest BCUT2D eigenvalue weighted by atomic mass is 10.2. The molecule has 106 valence electrons. The van der Waals surface area contributed by atoms with Crippen molar-refractivity contribution in [1.29, 1.82) is 0 Å². The number of hydrogen-bond acceptors (Lipinski definition) is 4. The van der Waals surface area contributed by atoms with E-state index < -0.39 is 0 Å². The van der Waals surface area contributed by atoms with Gasteiger partial charge in [-0.25, -0.2) is 0 Å². The fraction of sp³-hybridized carbons (Fsp3) is 0.333. The fourth-order valence-corrected chi connectivity index (χ4v) is 2.66. The summed E-state index contributed by atoms with van der Waals surface area (Å²) in [6.45, 7) is 3.84. The third-order valence-corrected chi connectivity index (χ3v) is 3.65. The summed E-state index contributed by atoms with van der Waals surface area (Å²) in [4.78, 5) is 2.26. The number of halogens is 1. The van der Waals surface area contributed by atoms with Crippen molar-refractivity contribution >= 4 is 23.0 Å². The summed E-state index contributed by atoms with van der Waals surface area (Å²) in [5.74, 6) is 0.901. The Morgan fingerprint density at radius 3 is 2.75 bits per heavy atom. The number of nitrogens with one attached hydrogen (secondary N) is 1. The highest BCUT2D eigenvalue weighted by Crippen LogP contribution is 2.34. The maximum Gasteiger partial charge on any atom is 0.122 e. The first kappa shape index (κ1) is 13.3. The van der Waals surface area contributed by atoms with Crippen molar-refractivity contribution in [1.82, 2.24) is 0 Å². The molecule has 0 bridgehead atoms. The number of nitrogens with zero attached hydrogens (tertiary/aromatic N) is 1. The van der Waals surface area contributed by atoms with E-state index in [-0.39, 0.29) is 0 Å². The average molecular weight is 293 g/mol. The molecule has 2 heterocycles. The van der Waals surface area contributed by atoms with E-state index in [4.69, 9.17) is 20.8 Å². The summed E-state index contributed by atoms with van der Waals surface area (Å²) in [5.41, 5.74) is 2.07. The number of furan rings is 1. The average Bonchev–Trinajstić information content (AvgIpc) is 2.99. The molecule has 5 heteroatoms. The van der Waals surface area contributed by atoms with E-state index in [1.54, 1.807) is 6.26 Å². The third-order valence-electron chi connectivity index (χ3n) is 3.35. The Bertz CT molecular complexity index is 551. The van der Waals surface area contributed by atoms with E-state index in [0.29, 0.717) is 6.54 Å². The van der Waals surface area contributed by atoms with Gasteiger partial charge in [-0.2, -0.15) is 0 Å². The van der Waals surface area contributed by atoms with E-state index in [0.717, 1.165) is 48.5 Å². The number of ether oxygens (including phenoxy) is 1. The molecule has 4 nitrogen and oxygen atoms in total. The van der Waals surface area contributed by atoms with Crippen LogP contribution in [0.15, 0.2) is 41.0 Å². The van der Waals surface area contributed by atoms with Gasteiger partial charge in [-0.3, -0.25) is 0 Å². The van der Waals surface area contributed by atoms with Gasteiger partial charge < -0.3 is 19.4 Å². The second-order valence-electron chi connectivity index (χ2n) is 4.67. The van der Waals surface area contributed by atoms with Crippen LogP contribution >= 0.6 is 11.6 Å². The summed E-state index contributed by atoms with van der Waals surface area (Å²) in [6, 6.07) is 9.75. The Labute approximate surface area is 123 Å². The number of benzene rings is 1. The van der Waals surface area contributed by atoms with E-state index in [9.17, 15) is 0 Å². The second kappa shape index (κ2) is 6.20. The second-order valence-corrected chi connectivity index (χ2v) is 5.08. The molecule has 1 saturated heterocycles. The maximum atomic E-state index is 6.38. The van der Waals surface area contributed by atoms with E-state index >= 15 is 0 Å². The molecule has 2 aromatic rings. The monoisotopic (exact) mass is 292 g/mol. The number of morpholine rings is 1. The van der Waals surface area contributed by atoms with Crippen molar-refractivity contribution in [3.8, 4) is 0 Å². The van der Waals surface area contributed by atoms with E-state index in [1.807, 2.05) is 30.3 Å². The van der Waals surface area contributed by atoms with Crippen LogP contribution in [0, 0.1) is 0 Å². The van der Waals surface area contributed by atoms with Crippen LogP contribution in [-0.4, -0.2) is 26.3 Å². The Morgan fingerprint density at radius 1 is 1.15 bits per heavy atom. The molecular formula is C15H17ClN2O2. The maximum absolute atomic E-state index is 6.38. The Kier molecular flexibility index (Phi) is 4.14. The highest BCUT2D eigenvalue weighted by Gasteiger charge is 2.17. The molecule has 0 unspecified atom stereocenters. The van der Waals surface area contributed by atoms with Gasteiger partial charge in [0, 0.05) is 13.1 Å². The largest absolute Gasteiger partial charge is 0.467 e.